The lowest BCUT2D eigenvalue weighted by Gasteiger charge is -2.14. The van der Waals surface area contributed by atoms with Crippen LogP contribution in [0.2, 0.25) is 0 Å². The van der Waals surface area contributed by atoms with Gasteiger partial charge in [-0.15, -0.1) is 0 Å². The fourth-order valence-corrected chi connectivity index (χ4v) is 2.60. The molecule has 0 saturated heterocycles. The summed E-state index contributed by atoms with van der Waals surface area (Å²) >= 11 is 0. The normalized spacial score (nSPS) is 12.8. The third-order valence-corrected chi connectivity index (χ3v) is 3.98. The highest BCUT2D eigenvalue weighted by Gasteiger charge is 2.16. The molecule has 0 amide bonds. The molecule has 0 spiro atoms. The molecule has 2 N–H and O–H groups in total. The summed E-state index contributed by atoms with van der Waals surface area (Å²) in [5.41, 5.74) is 12.1. The third-order valence-electron chi connectivity index (χ3n) is 3.98. The molecule has 3 rings (SSSR count). The molecule has 0 aliphatic rings. The zero-order valence-electron chi connectivity index (χ0n) is 12.1. The van der Waals surface area contributed by atoms with E-state index in [0.29, 0.717) is 0 Å². The Bertz CT molecular complexity index is 770. The first-order valence-corrected chi connectivity index (χ1v) is 6.88. The number of aryl methyl sites for hydroxylation is 2. The number of fused-ring (bicyclic) bond motifs is 1. The molecular formula is C18H19NO. The Balaban J connectivity index is 2.08. The Hall–Kier alpha value is -2.06. The molecule has 1 atom stereocenters. The predicted molar refractivity (Wildman–Crippen MR) is 82.9 cm³/mol. The average molecular weight is 265 g/mol. The number of hydrogen-bond acceptors (Lipinski definition) is 2. The van der Waals surface area contributed by atoms with Crippen molar-refractivity contribution < 1.29 is 4.42 Å². The largest absolute Gasteiger partial charge is 0.459 e. The van der Waals surface area contributed by atoms with Crippen molar-refractivity contribution in [3.63, 3.8) is 0 Å². The first-order valence-electron chi connectivity index (χ1n) is 6.88. The lowest BCUT2D eigenvalue weighted by molar-refractivity contribution is 0.524. The maximum Gasteiger partial charge on any atom is 0.134 e. The van der Waals surface area contributed by atoms with E-state index in [1.807, 2.05) is 12.1 Å². The molecule has 0 aliphatic heterocycles. The molecule has 2 nitrogen and oxygen atoms in total. The molecule has 102 valence electrons. The van der Waals surface area contributed by atoms with Crippen molar-refractivity contribution in [2.24, 2.45) is 5.73 Å². The van der Waals surface area contributed by atoms with Crippen LogP contribution in [0.25, 0.3) is 11.0 Å². The SMILES string of the molecule is Cc1ccc2oc(C(N)c3cccc(C)c3C)cc2c1. The number of rotatable bonds is 2. The van der Waals surface area contributed by atoms with Crippen molar-refractivity contribution in [3.8, 4) is 0 Å². The standard InChI is InChI=1S/C18H19NO/c1-11-7-8-16-14(9-11)10-17(20-16)18(19)15-6-4-5-12(2)13(15)3/h4-10,18H,19H2,1-3H3. The Morgan fingerprint density at radius 3 is 2.60 bits per heavy atom. The first kappa shape index (κ1) is 12.9. The fourth-order valence-electron chi connectivity index (χ4n) is 2.60. The van der Waals surface area contributed by atoms with E-state index in [1.165, 1.54) is 16.7 Å². The van der Waals surface area contributed by atoms with Crippen molar-refractivity contribution >= 4 is 11.0 Å². The van der Waals surface area contributed by atoms with Gasteiger partial charge in [0.15, 0.2) is 0 Å². The summed E-state index contributed by atoms with van der Waals surface area (Å²) in [6.45, 7) is 6.29. The number of benzene rings is 2. The van der Waals surface area contributed by atoms with Gasteiger partial charge in [-0.25, -0.2) is 0 Å². The van der Waals surface area contributed by atoms with Gasteiger partial charge in [-0.3, -0.25) is 0 Å². The number of furan rings is 1. The van der Waals surface area contributed by atoms with Crippen LogP contribution in [0.1, 0.15) is 34.1 Å². The zero-order chi connectivity index (χ0) is 14.3. The van der Waals surface area contributed by atoms with Crippen molar-refractivity contribution in [2.45, 2.75) is 26.8 Å². The predicted octanol–water partition coefficient (Wildman–Crippen LogP) is 4.41. The Kier molecular flexibility index (Phi) is 3.11. The van der Waals surface area contributed by atoms with Crippen LogP contribution in [-0.2, 0) is 0 Å². The van der Waals surface area contributed by atoms with Gasteiger partial charge in [0.05, 0.1) is 6.04 Å². The highest BCUT2D eigenvalue weighted by molar-refractivity contribution is 5.79. The second-order valence-electron chi connectivity index (χ2n) is 5.46. The van der Waals surface area contributed by atoms with Crippen LogP contribution >= 0.6 is 0 Å². The lowest BCUT2D eigenvalue weighted by atomic mass is 9.96. The van der Waals surface area contributed by atoms with Crippen LogP contribution in [0.5, 0.6) is 0 Å². The zero-order valence-corrected chi connectivity index (χ0v) is 12.1. The summed E-state index contributed by atoms with van der Waals surface area (Å²) in [6.07, 6.45) is 0. The van der Waals surface area contributed by atoms with E-state index in [1.54, 1.807) is 0 Å². The molecule has 0 bridgehead atoms. The highest BCUT2D eigenvalue weighted by atomic mass is 16.3. The van der Waals surface area contributed by atoms with Gasteiger partial charge in [-0.1, -0.05) is 29.8 Å². The molecule has 1 heterocycles. The van der Waals surface area contributed by atoms with Gasteiger partial charge in [0.1, 0.15) is 11.3 Å². The molecule has 0 radical (unpaired) electrons. The summed E-state index contributed by atoms with van der Waals surface area (Å²) < 4.78 is 5.91. The van der Waals surface area contributed by atoms with Gasteiger partial charge in [0.2, 0.25) is 0 Å². The van der Waals surface area contributed by atoms with Gasteiger partial charge >= 0.3 is 0 Å². The minimum absolute atomic E-state index is 0.220. The van der Waals surface area contributed by atoms with Crippen LogP contribution in [0, 0.1) is 20.8 Å². The minimum atomic E-state index is -0.220. The molecule has 0 fully saturated rings. The highest BCUT2D eigenvalue weighted by Crippen LogP contribution is 2.29. The number of nitrogens with two attached hydrogens (primary N) is 1. The molecule has 3 aromatic rings. The summed E-state index contributed by atoms with van der Waals surface area (Å²) in [4.78, 5) is 0. The van der Waals surface area contributed by atoms with E-state index in [0.717, 1.165) is 22.3 Å². The second-order valence-corrected chi connectivity index (χ2v) is 5.46. The summed E-state index contributed by atoms with van der Waals surface area (Å²) in [7, 11) is 0. The molecule has 0 aliphatic carbocycles. The van der Waals surface area contributed by atoms with Gasteiger partial charge in [0.25, 0.3) is 0 Å². The smallest absolute Gasteiger partial charge is 0.134 e. The van der Waals surface area contributed by atoms with Gasteiger partial charge in [0, 0.05) is 5.39 Å². The summed E-state index contributed by atoms with van der Waals surface area (Å²) in [5.74, 6) is 0.819. The maximum atomic E-state index is 6.39. The van der Waals surface area contributed by atoms with E-state index in [-0.39, 0.29) is 6.04 Å². The van der Waals surface area contributed by atoms with Gasteiger partial charge in [-0.2, -0.15) is 0 Å². The Morgan fingerprint density at radius 1 is 1.00 bits per heavy atom. The lowest BCUT2D eigenvalue weighted by Crippen LogP contribution is -2.12. The van der Waals surface area contributed by atoms with E-state index >= 15 is 0 Å². The molecule has 0 saturated carbocycles. The molecule has 1 aromatic heterocycles. The fraction of sp³-hybridized carbons (Fsp3) is 0.222. The number of hydrogen-bond donors (Lipinski definition) is 1. The molecule has 20 heavy (non-hydrogen) atoms. The molecule has 2 aromatic carbocycles. The van der Waals surface area contributed by atoms with Crippen molar-refractivity contribution in [1.29, 1.82) is 0 Å². The summed E-state index contributed by atoms with van der Waals surface area (Å²) in [5, 5.41) is 1.11. The Labute approximate surface area is 119 Å². The maximum absolute atomic E-state index is 6.39. The van der Waals surface area contributed by atoms with Crippen molar-refractivity contribution in [2.75, 3.05) is 0 Å². The monoisotopic (exact) mass is 265 g/mol. The quantitative estimate of drug-likeness (QED) is 0.745. The van der Waals surface area contributed by atoms with Crippen molar-refractivity contribution in [3.05, 3.63) is 70.5 Å². The van der Waals surface area contributed by atoms with E-state index in [2.05, 4.69) is 51.1 Å². The molecule has 1 unspecified atom stereocenters. The first-order chi connectivity index (χ1) is 9.56. The second kappa shape index (κ2) is 4.80. The average Bonchev–Trinajstić information content (AvgIpc) is 2.84. The minimum Gasteiger partial charge on any atom is -0.459 e. The van der Waals surface area contributed by atoms with Gasteiger partial charge in [-0.05, 0) is 55.7 Å². The Morgan fingerprint density at radius 2 is 1.80 bits per heavy atom. The topological polar surface area (TPSA) is 39.2 Å². The third kappa shape index (κ3) is 2.12. The van der Waals surface area contributed by atoms with Crippen LogP contribution in [0.4, 0.5) is 0 Å². The van der Waals surface area contributed by atoms with Crippen LogP contribution < -0.4 is 5.73 Å². The van der Waals surface area contributed by atoms with Crippen LogP contribution in [0.3, 0.4) is 0 Å². The molecular weight excluding hydrogens is 246 g/mol. The van der Waals surface area contributed by atoms with E-state index in [4.69, 9.17) is 10.2 Å². The van der Waals surface area contributed by atoms with E-state index < -0.39 is 0 Å². The van der Waals surface area contributed by atoms with Gasteiger partial charge < -0.3 is 10.2 Å². The van der Waals surface area contributed by atoms with Crippen LogP contribution in [0.15, 0.2) is 46.9 Å². The molecule has 2 heteroatoms. The van der Waals surface area contributed by atoms with Crippen molar-refractivity contribution in [1.82, 2.24) is 0 Å². The van der Waals surface area contributed by atoms with E-state index in [9.17, 15) is 0 Å². The van der Waals surface area contributed by atoms with Crippen LogP contribution in [-0.4, -0.2) is 0 Å². The summed E-state index contributed by atoms with van der Waals surface area (Å²) in [6, 6.07) is 14.2.